The third-order valence-electron chi connectivity index (χ3n) is 5.41. The van der Waals surface area contributed by atoms with Crippen LogP contribution in [0.5, 0.6) is 0 Å². The van der Waals surface area contributed by atoms with E-state index in [0.717, 1.165) is 12.0 Å². The van der Waals surface area contributed by atoms with Gasteiger partial charge in [-0.1, -0.05) is 37.1 Å². The molecule has 0 radical (unpaired) electrons. The number of carbonyl (C=O) groups is 2. The first kappa shape index (κ1) is 16.7. The van der Waals surface area contributed by atoms with Crippen molar-refractivity contribution in [2.45, 2.75) is 47.0 Å². The normalized spacial score (nSPS) is 30.6. The predicted octanol–water partition coefficient (Wildman–Crippen LogP) is 4.16. The highest BCUT2D eigenvalue weighted by Gasteiger charge is 2.60. The highest BCUT2D eigenvalue weighted by atomic mass is 16.4. The Labute approximate surface area is 132 Å². The van der Waals surface area contributed by atoms with Gasteiger partial charge in [0.25, 0.3) is 0 Å². The molecule has 3 nitrogen and oxygen atoms in total. The van der Waals surface area contributed by atoms with Crippen molar-refractivity contribution in [3.8, 4) is 0 Å². The molecule has 2 rings (SSSR count). The number of allylic oxidation sites excluding steroid dienone is 5. The number of carboxylic acid groups (broad SMARTS) is 1. The summed E-state index contributed by atoms with van der Waals surface area (Å²) in [5.74, 6) is -0.367. The Kier molecular flexibility index (Phi) is 4.46. The smallest absolute Gasteiger partial charge is 0.307 e. The Morgan fingerprint density at radius 2 is 2.09 bits per heavy atom. The minimum Gasteiger partial charge on any atom is -0.481 e. The highest BCUT2D eigenvalue weighted by molar-refractivity contribution is 5.99. The second-order valence-electron chi connectivity index (χ2n) is 7.36. The maximum Gasteiger partial charge on any atom is 0.307 e. The fourth-order valence-corrected chi connectivity index (χ4v) is 3.83. The van der Waals surface area contributed by atoms with Gasteiger partial charge in [0.1, 0.15) is 0 Å². The number of hydrogen-bond donors (Lipinski definition) is 1. The minimum atomic E-state index is -0.709. The molecule has 0 heterocycles. The number of ketones is 1. The van der Waals surface area contributed by atoms with Crippen LogP contribution < -0.4 is 0 Å². The number of carboxylic acids is 1. The standard InChI is InChI=1S/C19H26O3/c1-6-7-14-12(3)13(10-16(14)20)8-11(2)9-15-17(18(21)22)19(15,4)5/h6,9,13,15,17H,1,7-8,10H2,2-5H3,(H,21,22)/t13?,15-,17+/m0/s1. The van der Waals surface area contributed by atoms with Crippen molar-refractivity contribution in [3.05, 3.63) is 35.5 Å². The molecule has 1 unspecified atom stereocenters. The van der Waals surface area contributed by atoms with Gasteiger partial charge < -0.3 is 5.11 Å². The fraction of sp³-hybridized carbons (Fsp3) is 0.579. The molecule has 0 spiro atoms. The molecule has 0 aliphatic heterocycles. The zero-order valence-electron chi connectivity index (χ0n) is 14.0. The van der Waals surface area contributed by atoms with Crippen molar-refractivity contribution in [1.82, 2.24) is 0 Å². The van der Waals surface area contributed by atoms with E-state index < -0.39 is 5.97 Å². The summed E-state index contributed by atoms with van der Waals surface area (Å²) in [6.07, 6.45) is 5.97. The van der Waals surface area contributed by atoms with Gasteiger partial charge in [-0.2, -0.15) is 0 Å². The molecule has 0 bridgehead atoms. The molecule has 3 heteroatoms. The zero-order chi connectivity index (χ0) is 16.7. The van der Waals surface area contributed by atoms with Crippen molar-refractivity contribution in [2.75, 3.05) is 0 Å². The molecule has 0 aromatic carbocycles. The van der Waals surface area contributed by atoms with Gasteiger partial charge in [0.15, 0.2) is 5.78 Å². The molecule has 0 saturated heterocycles. The number of aliphatic carboxylic acids is 1. The molecule has 0 aromatic heterocycles. The first-order chi connectivity index (χ1) is 10.2. The molecule has 120 valence electrons. The van der Waals surface area contributed by atoms with Gasteiger partial charge in [-0.05, 0) is 49.5 Å². The van der Waals surface area contributed by atoms with Gasteiger partial charge in [-0.25, -0.2) is 0 Å². The summed E-state index contributed by atoms with van der Waals surface area (Å²) >= 11 is 0. The van der Waals surface area contributed by atoms with E-state index in [0.29, 0.717) is 12.8 Å². The van der Waals surface area contributed by atoms with Crippen LogP contribution in [0.25, 0.3) is 0 Å². The molecule has 2 aliphatic carbocycles. The summed E-state index contributed by atoms with van der Waals surface area (Å²) in [7, 11) is 0. The minimum absolute atomic E-state index is 0.110. The summed E-state index contributed by atoms with van der Waals surface area (Å²) in [5, 5.41) is 9.24. The number of rotatable bonds is 6. The summed E-state index contributed by atoms with van der Waals surface area (Å²) in [4.78, 5) is 23.3. The zero-order valence-corrected chi connectivity index (χ0v) is 14.0. The summed E-state index contributed by atoms with van der Waals surface area (Å²) in [6.45, 7) is 11.8. The van der Waals surface area contributed by atoms with Crippen LogP contribution in [0.4, 0.5) is 0 Å². The number of Topliss-reactive ketones (excluding diaryl/α,β-unsaturated/α-hetero) is 1. The van der Waals surface area contributed by atoms with E-state index in [4.69, 9.17) is 0 Å². The Bertz CT molecular complexity index is 577. The molecule has 1 saturated carbocycles. The van der Waals surface area contributed by atoms with E-state index in [1.54, 1.807) is 6.08 Å². The van der Waals surface area contributed by atoms with E-state index in [-0.39, 0.29) is 29.0 Å². The Morgan fingerprint density at radius 3 is 2.59 bits per heavy atom. The molecule has 3 atom stereocenters. The van der Waals surface area contributed by atoms with Crippen molar-refractivity contribution < 1.29 is 14.7 Å². The third kappa shape index (κ3) is 2.94. The van der Waals surface area contributed by atoms with Crippen molar-refractivity contribution in [1.29, 1.82) is 0 Å². The Balaban J connectivity index is 2.06. The second kappa shape index (κ2) is 5.86. The molecule has 1 N–H and O–H groups in total. The first-order valence-corrected chi connectivity index (χ1v) is 7.94. The largest absolute Gasteiger partial charge is 0.481 e. The van der Waals surface area contributed by atoms with E-state index >= 15 is 0 Å². The maximum absolute atomic E-state index is 12.0. The van der Waals surface area contributed by atoms with E-state index in [2.05, 4.69) is 19.6 Å². The lowest BCUT2D eigenvalue weighted by Gasteiger charge is -2.12. The van der Waals surface area contributed by atoms with E-state index in [1.165, 1.54) is 11.1 Å². The van der Waals surface area contributed by atoms with Gasteiger partial charge in [0.05, 0.1) is 5.92 Å². The van der Waals surface area contributed by atoms with Crippen LogP contribution in [0.15, 0.2) is 35.5 Å². The van der Waals surface area contributed by atoms with Crippen LogP contribution in [0.1, 0.15) is 47.0 Å². The molecule has 22 heavy (non-hydrogen) atoms. The number of carbonyl (C=O) groups excluding carboxylic acids is 1. The molecular weight excluding hydrogens is 276 g/mol. The van der Waals surface area contributed by atoms with Gasteiger partial charge in [-0.15, -0.1) is 6.58 Å². The quantitative estimate of drug-likeness (QED) is 0.749. The van der Waals surface area contributed by atoms with Crippen molar-refractivity contribution in [2.24, 2.45) is 23.2 Å². The summed E-state index contributed by atoms with van der Waals surface area (Å²) < 4.78 is 0. The maximum atomic E-state index is 12.0. The van der Waals surface area contributed by atoms with Crippen molar-refractivity contribution >= 4 is 11.8 Å². The predicted molar refractivity (Wildman–Crippen MR) is 87.4 cm³/mol. The van der Waals surface area contributed by atoms with E-state index in [1.807, 2.05) is 20.8 Å². The average molecular weight is 302 g/mol. The molecule has 1 fully saturated rings. The fourth-order valence-electron chi connectivity index (χ4n) is 3.83. The van der Waals surface area contributed by atoms with Crippen LogP contribution in [0.3, 0.4) is 0 Å². The van der Waals surface area contributed by atoms with Crippen LogP contribution in [0, 0.1) is 23.2 Å². The van der Waals surface area contributed by atoms with Crippen LogP contribution in [-0.4, -0.2) is 16.9 Å². The highest BCUT2D eigenvalue weighted by Crippen LogP contribution is 2.59. The lowest BCUT2D eigenvalue weighted by atomic mass is 9.93. The topological polar surface area (TPSA) is 54.4 Å². The lowest BCUT2D eigenvalue weighted by Crippen LogP contribution is -2.03. The van der Waals surface area contributed by atoms with Gasteiger partial charge in [0.2, 0.25) is 0 Å². The van der Waals surface area contributed by atoms with Gasteiger partial charge >= 0.3 is 5.97 Å². The molecular formula is C19H26O3. The lowest BCUT2D eigenvalue weighted by molar-refractivity contribution is -0.139. The third-order valence-corrected chi connectivity index (χ3v) is 5.41. The second-order valence-corrected chi connectivity index (χ2v) is 7.36. The van der Waals surface area contributed by atoms with Crippen LogP contribution in [-0.2, 0) is 9.59 Å². The Hall–Kier alpha value is -1.64. The van der Waals surface area contributed by atoms with Gasteiger partial charge in [0, 0.05) is 6.42 Å². The SMILES string of the molecule is C=CCC1=C(C)C(CC(C)=C[C@H]2[C@H](C(=O)O)C2(C)C)CC1=O. The van der Waals surface area contributed by atoms with Crippen molar-refractivity contribution in [3.63, 3.8) is 0 Å². The summed E-state index contributed by atoms with van der Waals surface area (Å²) in [6, 6.07) is 0. The number of hydrogen-bond acceptors (Lipinski definition) is 2. The van der Waals surface area contributed by atoms with Crippen LogP contribution in [0.2, 0.25) is 0 Å². The van der Waals surface area contributed by atoms with E-state index in [9.17, 15) is 14.7 Å². The molecule has 2 aliphatic rings. The molecule has 0 amide bonds. The Morgan fingerprint density at radius 1 is 1.45 bits per heavy atom. The monoisotopic (exact) mass is 302 g/mol. The summed E-state index contributed by atoms with van der Waals surface area (Å²) in [5.41, 5.74) is 3.14. The first-order valence-electron chi connectivity index (χ1n) is 7.94. The molecule has 0 aromatic rings. The van der Waals surface area contributed by atoms with Crippen LogP contribution >= 0.6 is 0 Å². The van der Waals surface area contributed by atoms with Gasteiger partial charge in [-0.3, -0.25) is 9.59 Å². The average Bonchev–Trinajstić information content (AvgIpc) is 2.84.